The highest BCUT2D eigenvalue weighted by Crippen LogP contribution is 2.39. The van der Waals surface area contributed by atoms with Gasteiger partial charge in [0.05, 0.1) is 19.9 Å². The van der Waals surface area contributed by atoms with Crippen LogP contribution >= 0.6 is 15.9 Å². The van der Waals surface area contributed by atoms with Gasteiger partial charge in [0.15, 0.2) is 11.5 Å². The Labute approximate surface area is 176 Å². The highest BCUT2D eigenvalue weighted by atomic mass is 79.9. The summed E-state index contributed by atoms with van der Waals surface area (Å²) in [5, 5.41) is 2.55. The van der Waals surface area contributed by atoms with Crippen LogP contribution in [-0.4, -0.2) is 20.1 Å². The summed E-state index contributed by atoms with van der Waals surface area (Å²) in [4.78, 5) is 12.6. The monoisotopic (exact) mass is 459 g/mol. The van der Waals surface area contributed by atoms with Crippen LogP contribution in [0.1, 0.15) is 15.9 Å². The van der Waals surface area contributed by atoms with Gasteiger partial charge in [0, 0.05) is 10.0 Å². The molecule has 0 aliphatic heterocycles. The summed E-state index contributed by atoms with van der Waals surface area (Å²) >= 11 is 3.18. The summed E-state index contributed by atoms with van der Waals surface area (Å²) in [5.41, 5.74) is 1.29. The Morgan fingerprint density at radius 2 is 1.66 bits per heavy atom. The van der Waals surface area contributed by atoms with Crippen LogP contribution in [0.3, 0.4) is 0 Å². The van der Waals surface area contributed by atoms with Crippen LogP contribution in [0, 0.1) is 5.82 Å². The fraction of sp³-hybridized carbons (Fsp3) is 0.136. The van der Waals surface area contributed by atoms with Crippen molar-refractivity contribution in [3.8, 4) is 17.2 Å². The van der Waals surface area contributed by atoms with E-state index in [1.807, 2.05) is 30.3 Å². The number of carbonyl (C=O) groups is 1. The molecule has 3 rings (SSSR count). The zero-order valence-corrected chi connectivity index (χ0v) is 17.5. The lowest BCUT2D eigenvalue weighted by molar-refractivity contribution is 0.102. The van der Waals surface area contributed by atoms with Crippen molar-refractivity contribution in [2.75, 3.05) is 19.5 Å². The van der Waals surface area contributed by atoms with Gasteiger partial charge in [0.1, 0.15) is 12.4 Å². The fourth-order valence-electron chi connectivity index (χ4n) is 2.67. The molecule has 0 unspecified atom stereocenters. The standard InChI is InChI=1S/C22H19BrFNO4/c1-27-19-10-15(22(26)25-18-9-8-16(23)12-17(18)24)11-20(28-2)21(19)29-13-14-6-4-3-5-7-14/h3-12H,13H2,1-2H3,(H,25,26). The van der Waals surface area contributed by atoms with Crippen molar-refractivity contribution in [2.24, 2.45) is 0 Å². The molecule has 3 aromatic rings. The first-order valence-electron chi connectivity index (χ1n) is 8.71. The molecule has 150 valence electrons. The van der Waals surface area contributed by atoms with Crippen LogP contribution in [0.15, 0.2) is 65.1 Å². The van der Waals surface area contributed by atoms with Crippen LogP contribution in [0.5, 0.6) is 17.2 Å². The molecule has 7 heteroatoms. The van der Waals surface area contributed by atoms with E-state index in [1.165, 1.54) is 38.5 Å². The van der Waals surface area contributed by atoms with Gasteiger partial charge in [0.25, 0.3) is 5.91 Å². The Hall–Kier alpha value is -3.06. The number of amides is 1. The molecule has 1 amide bonds. The van der Waals surface area contributed by atoms with E-state index >= 15 is 0 Å². The summed E-state index contributed by atoms with van der Waals surface area (Å²) in [6.45, 7) is 0.309. The average Bonchev–Trinajstić information content (AvgIpc) is 2.74. The number of carbonyl (C=O) groups excluding carboxylic acids is 1. The second kappa shape index (κ2) is 9.43. The minimum atomic E-state index is -0.547. The third-order valence-electron chi connectivity index (χ3n) is 4.13. The number of anilines is 1. The molecule has 0 aliphatic rings. The number of methoxy groups -OCH3 is 2. The maximum Gasteiger partial charge on any atom is 0.256 e. The van der Waals surface area contributed by atoms with Gasteiger partial charge in [-0.25, -0.2) is 4.39 Å². The van der Waals surface area contributed by atoms with Gasteiger partial charge >= 0.3 is 0 Å². The average molecular weight is 460 g/mol. The smallest absolute Gasteiger partial charge is 0.256 e. The summed E-state index contributed by atoms with van der Waals surface area (Å²) in [6.07, 6.45) is 0. The molecule has 0 heterocycles. The molecule has 0 bridgehead atoms. The largest absolute Gasteiger partial charge is 0.493 e. The van der Waals surface area contributed by atoms with Crippen molar-refractivity contribution < 1.29 is 23.4 Å². The van der Waals surface area contributed by atoms with E-state index in [-0.39, 0.29) is 11.3 Å². The second-order valence-corrected chi connectivity index (χ2v) is 6.98. The molecule has 0 radical (unpaired) electrons. The zero-order chi connectivity index (χ0) is 20.8. The lowest BCUT2D eigenvalue weighted by atomic mass is 10.1. The minimum absolute atomic E-state index is 0.0699. The van der Waals surface area contributed by atoms with Gasteiger partial charge in [0.2, 0.25) is 5.75 Å². The van der Waals surface area contributed by atoms with Crippen LogP contribution in [-0.2, 0) is 6.61 Å². The van der Waals surface area contributed by atoms with E-state index in [0.29, 0.717) is 28.3 Å². The first-order valence-corrected chi connectivity index (χ1v) is 9.50. The topological polar surface area (TPSA) is 56.8 Å². The Morgan fingerprint density at radius 3 is 2.24 bits per heavy atom. The van der Waals surface area contributed by atoms with E-state index in [2.05, 4.69) is 21.2 Å². The molecule has 3 aromatic carbocycles. The Bertz CT molecular complexity index is 986. The highest BCUT2D eigenvalue weighted by Gasteiger charge is 2.19. The van der Waals surface area contributed by atoms with E-state index in [9.17, 15) is 9.18 Å². The number of benzene rings is 3. The quantitative estimate of drug-likeness (QED) is 0.511. The normalized spacial score (nSPS) is 10.3. The third kappa shape index (κ3) is 5.06. The second-order valence-electron chi connectivity index (χ2n) is 6.06. The predicted octanol–water partition coefficient (Wildman–Crippen LogP) is 5.44. The van der Waals surface area contributed by atoms with Gasteiger partial charge in [-0.3, -0.25) is 4.79 Å². The summed E-state index contributed by atoms with van der Waals surface area (Å²) in [5.74, 6) is 0.000505. The molecular weight excluding hydrogens is 441 g/mol. The van der Waals surface area contributed by atoms with Crippen molar-refractivity contribution >= 4 is 27.5 Å². The maximum atomic E-state index is 14.0. The predicted molar refractivity (Wildman–Crippen MR) is 112 cm³/mol. The number of hydrogen-bond donors (Lipinski definition) is 1. The van der Waals surface area contributed by atoms with E-state index in [1.54, 1.807) is 6.07 Å². The van der Waals surface area contributed by atoms with Crippen LogP contribution < -0.4 is 19.5 Å². The Balaban J connectivity index is 1.85. The van der Waals surface area contributed by atoms with E-state index < -0.39 is 11.7 Å². The Kier molecular flexibility index (Phi) is 6.72. The fourth-order valence-corrected chi connectivity index (χ4v) is 3.00. The van der Waals surface area contributed by atoms with Crippen molar-refractivity contribution in [1.82, 2.24) is 0 Å². The van der Waals surface area contributed by atoms with E-state index in [4.69, 9.17) is 14.2 Å². The number of nitrogens with one attached hydrogen (secondary N) is 1. The molecule has 0 saturated heterocycles. The van der Waals surface area contributed by atoms with Crippen molar-refractivity contribution in [3.05, 3.63) is 82.1 Å². The van der Waals surface area contributed by atoms with Crippen molar-refractivity contribution in [1.29, 1.82) is 0 Å². The molecule has 29 heavy (non-hydrogen) atoms. The van der Waals surface area contributed by atoms with Gasteiger partial charge < -0.3 is 19.5 Å². The van der Waals surface area contributed by atoms with Gasteiger partial charge in [-0.2, -0.15) is 0 Å². The molecule has 0 atom stereocenters. The molecule has 0 fully saturated rings. The third-order valence-corrected chi connectivity index (χ3v) is 4.62. The number of rotatable bonds is 7. The van der Waals surface area contributed by atoms with Gasteiger partial charge in [-0.1, -0.05) is 46.3 Å². The molecule has 5 nitrogen and oxygen atoms in total. The van der Waals surface area contributed by atoms with E-state index in [0.717, 1.165) is 5.56 Å². The minimum Gasteiger partial charge on any atom is -0.493 e. The van der Waals surface area contributed by atoms with Crippen LogP contribution in [0.25, 0.3) is 0 Å². The molecule has 0 aliphatic carbocycles. The number of hydrogen-bond acceptors (Lipinski definition) is 4. The highest BCUT2D eigenvalue weighted by molar-refractivity contribution is 9.10. The molecule has 0 aromatic heterocycles. The first kappa shape index (κ1) is 20.7. The SMILES string of the molecule is COc1cc(C(=O)Nc2ccc(Br)cc2F)cc(OC)c1OCc1ccccc1. The lowest BCUT2D eigenvalue weighted by Crippen LogP contribution is -2.14. The number of ether oxygens (including phenoxy) is 3. The lowest BCUT2D eigenvalue weighted by Gasteiger charge is -2.16. The van der Waals surface area contributed by atoms with Crippen LogP contribution in [0.2, 0.25) is 0 Å². The maximum absolute atomic E-state index is 14.0. The van der Waals surface area contributed by atoms with Crippen molar-refractivity contribution in [3.63, 3.8) is 0 Å². The molecule has 0 spiro atoms. The molecule has 0 saturated carbocycles. The molecular formula is C22H19BrFNO4. The summed E-state index contributed by atoms with van der Waals surface area (Å²) < 4.78 is 31.3. The van der Waals surface area contributed by atoms with Crippen LogP contribution in [0.4, 0.5) is 10.1 Å². The van der Waals surface area contributed by atoms with Gasteiger partial charge in [-0.05, 0) is 35.9 Å². The first-order chi connectivity index (χ1) is 14.0. The summed E-state index contributed by atoms with van der Waals surface area (Å²) in [6, 6.07) is 17.1. The molecule has 1 N–H and O–H groups in total. The zero-order valence-electron chi connectivity index (χ0n) is 15.9. The summed E-state index contributed by atoms with van der Waals surface area (Å²) in [7, 11) is 2.94. The number of halogens is 2. The van der Waals surface area contributed by atoms with Crippen molar-refractivity contribution in [2.45, 2.75) is 6.61 Å². The Morgan fingerprint density at radius 1 is 1.00 bits per heavy atom. The van der Waals surface area contributed by atoms with Gasteiger partial charge in [-0.15, -0.1) is 0 Å².